The molecular formula is C17H20ClNO. The van der Waals surface area contributed by atoms with E-state index in [-0.39, 0.29) is 0 Å². The third-order valence-corrected chi connectivity index (χ3v) is 3.49. The van der Waals surface area contributed by atoms with Gasteiger partial charge >= 0.3 is 0 Å². The zero-order chi connectivity index (χ0) is 14.4. The molecule has 106 valence electrons. The summed E-state index contributed by atoms with van der Waals surface area (Å²) in [5, 5.41) is 0.745. The maximum absolute atomic E-state index is 5.94. The number of halogens is 1. The Hall–Kier alpha value is -1.67. The first-order valence-corrected chi connectivity index (χ1v) is 7.27. The van der Waals surface area contributed by atoms with Gasteiger partial charge in [0, 0.05) is 17.3 Å². The van der Waals surface area contributed by atoms with E-state index in [2.05, 4.69) is 36.1 Å². The van der Waals surface area contributed by atoms with Crippen LogP contribution in [0.25, 0.3) is 0 Å². The smallest absolute Gasteiger partial charge is 0.122 e. The van der Waals surface area contributed by atoms with E-state index >= 15 is 0 Å². The van der Waals surface area contributed by atoms with Gasteiger partial charge in [-0.15, -0.1) is 0 Å². The van der Waals surface area contributed by atoms with Gasteiger partial charge in [-0.2, -0.15) is 0 Å². The van der Waals surface area contributed by atoms with Crippen molar-refractivity contribution >= 4 is 17.3 Å². The molecule has 0 aliphatic carbocycles. The lowest BCUT2D eigenvalue weighted by molar-refractivity contribution is 0.322. The lowest BCUT2D eigenvalue weighted by Gasteiger charge is -2.23. The molecule has 0 aliphatic heterocycles. The van der Waals surface area contributed by atoms with Gasteiger partial charge in [0.2, 0.25) is 0 Å². The Balaban J connectivity index is 1.91. The van der Waals surface area contributed by atoms with Crippen molar-refractivity contribution in [3.05, 3.63) is 59.1 Å². The van der Waals surface area contributed by atoms with Crippen molar-refractivity contribution < 1.29 is 4.74 Å². The van der Waals surface area contributed by atoms with Crippen LogP contribution in [-0.2, 0) is 0 Å². The minimum atomic E-state index is 0.658. The standard InChI is InChI=1S/C17H20ClNO/c1-3-19(16-7-5-4-6-8-16)11-12-20-17-10-9-15(18)13-14(17)2/h4-10,13H,3,11-12H2,1-2H3. The minimum absolute atomic E-state index is 0.658. The van der Waals surface area contributed by atoms with Crippen LogP contribution in [0.4, 0.5) is 5.69 Å². The molecule has 0 N–H and O–H groups in total. The van der Waals surface area contributed by atoms with Crippen LogP contribution in [0.15, 0.2) is 48.5 Å². The average molecular weight is 290 g/mol. The Bertz CT molecular complexity index is 542. The molecule has 0 heterocycles. The molecule has 0 unspecified atom stereocenters. The maximum Gasteiger partial charge on any atom is 0.122 e. The van der Waals surface area contributed by atoms with E-state index in [1.165, 1.54) is 5.69 Å². The Morgan fingerprint density at radius 1 is 1.10 bits per heavy atom. The first kappa shape index (κ1) is 14.7. The number of hydrogen-bond acceptors (Lipinski definition) is 2. The van der Waals surface area contributed by atoms with Gasteiger partial charge in [-0.1, -0.05) is 29.8 Å². The molecule has 0 radical (unpaired) electrons. The Labute approximate surface area is 125 Å². The predicted octanol–water partition coefficient (Wildman–Crippen LogP) is 4.55. The van der Waals surface area contributed by atoms with Crippen LogP contribution in [0.5, 0.6) is 5.75 Å². The van der Waals surface area contributed by atoms with E-state index in [9.17, 15) is 0 Å². The SMILES string of the molecule is CCN(CCOc1ccc(Cl)cc1C)c1ccccc1. The summed E-state index contributed by atoms with van der Waals surface area (Å²) in [6, 6.07) is 16.1. The van der Waals surface area contributed by atoms with Crippen molar-refractivity contribution in [1.29, 1.82) is 0 Å². The molecule has 0 fully saturated rings. The van der Waals surface area contributed by atoms with Gasteiger partial charge in [-0.05, 0) is 49.7 Å². The molecule has 20 heavy (non-hydrogen) atoms. The van der Waals surface area contributed by atoms with E-state index < -0.39 is 0 Å². The normalized spacial score (nSPS) is 10.3. The predicted molar refractivity (Wildman–Crippen MR) is 86.0 cm³/mol. The van der Waals surface area contributed by atoms with Crippen molar-refractivity contribution in [1.82, 2.24) is 0 Å². The fourth-order valence-corrected chi connectivity index (χ4v) is 2.38. The maximum atomic E-state index is 5.94. The number of likely N-dealkylation sites (N-methyl/N-ethyl adjacent to an activating group) is 1. The molecule has 0 aliphatic rings. The van der Waals surface area contributed by atoms with Gasteiger partial charge in [-0.3, -0.25) is 0 Å². The van der Waals surface area contributed by atoms with E-state index in [0.717, 1.165) is 29.4 Å². The quantitative estimate of drug-likeness (QED) is 0.773. The number of anilines is 1. The van der Waals surface area contributed by atoms with Crippen molar-refractivity contribution in [3.8, 4) is 5.75 Å². The third kappa shape index (κ3) is 3.91. The number of benzene rings is 2. The van der Waals surface area contributed by atoms with Gasteiger partial charge in [0.15, 0.2) is 0 Å². The highest BCUT2D eigenvalue weighted by molar-refractivity contribution is 6.30. The molecule has 0 saturated carbocycles. The number of aryl methyl sites for hydroxylation is 1. The van der Waals surface area contributed by atoms with E-state index in [1.54, 1.807) is 0 Å². The summed E-state index contributed by atoms with van der Waals surface area (Å²) in [6.45, 7) is 6.65. The third-order valence-electron chi connectivity index (χ3n) is 3.26. The van der Waals surface area contributed by atoms with Gasteiger partial charge < -0.3 is 9.64 Å². The summed E-state index contributed by atoms with van der Waals surface area (Å²) in [5.41, 5.74) is 2.30. The molecular weight excluding hydrogens is 270 g/mol. The minimum Gasteiger partial charge on any atom is -0.491 e. The van der Waals surface area contributed by atoms with Crippen LogP contribution in [0.1, 0.15) is 12.5 Å². The van der Waals surface area contributed by atoms with Crippen molar-refractivity contribution in [2.75, 3.05) is 24.6 Å². The molecule has 2 rings (SSSR count). The highest BCUT2D eigenvalue weighted by atomic mass is 35.5. The molecule has 0 bridgehead atoms. The fraction of sp³-hybridized carbons (Fsp3) is 0.294. The molecule has 0 aromatic heterocycles. The molecule has 0 saturated heterocycles. The Morgan fingerprint density at radius 3 is 2.50 bits per heavy atom. The molecule has 0 spiro atoms. The molecule has 2 aromatic rings. The molecule has 2 aromatic carbocycles. The number of ether oxygens (including phenoxy) is 1. The second kappa shape index (κ2) is 7.20. The second-order valence-electron chi connectivity index (χ2n) is 4.67. The zero-order valence-corrected chi connectivity index (χ0v) is 12.7. The molecule has 3 heteroatoms. The largest absolute Gasteiger partial charge is 0.491 e. The van der Waals surface area contributed by atoms with Crippen molar-refractivity contribution in [2.24, 2.45) is 0 Å². The Kier molecular flexibility index (Phi) is 5.31. The van der Waals surface area contributed by atoms with Crippen molar-refractivity contribution in [2.45, 2.75) is 13.8 Å². The van der Waals surface area contributed by atoms with E-state index in [1.807, 2.05) is 31.2 Å². The average Bonchev–Trinajstić information content (AvgIpc) is 2.46. The zero-order valence-electron chi connectivity index (χ0n) is 12.0. The molecule has 0 atom stereocenters. The number of hydrogen-bond donors (Lipinski definition) is 0. The van der Waals surface area contributed by atoms with Crippen LogP contribution >= 0.6 is 11.6 Å². The number of rotatable bonds is 6. The first-order valence-electron chi connectivity index (χ1n) is 6.89. The lowest BCUT2D eigenvalue weighted by Crippen LogP contribution is -2.28. The summed E-state index contributed by atoms with van der Waals surface area (Å²) in [5.74, 6) is 0.901. The highest BCUT2D eigenvalue weighted by Gasteiger charge is 2.05. The summed E-state index contributed by atoms with van der Waals surface area (Å²) in [4.78, 5) is 2.30. The first-order chi connectivity index (χ1) is 9.70. The summed E-state index contributed by atoms with van der Waals surface area (Å²) >= 11 is 5.94. The van der Waals surface area contributed by atoms with Gasteiger partial charge in [0.25, 0.3) is 0 Å². The van der Waals surface area contributed by atoms with Gasteiger partial charge in [0.1, 0.15) is 12.4 Å². The van der Waals surface area contributed by atoms with Crippen LogP contribution in [0.3, 0.4) is 0 Å². The topological polar surface area (TPSA) is 12.5 Å². The number of nitrogens with zero attached hydrogens (tertiary/aromatic N) is 1. The molecule has 2 nitrogen and oxygen atoms in total. The highest BCUT2D eigenvalue weighted by Crippen LogP contribution is 2.22. The van der Waals surface area contributed by atoms with Crippen LogP contribution in [0, 0.1) is 6.92 Å². The Morgan fingerprint density at radius 2 is 1.85 bits per heavy atom. The second-order valence-corrected chi connectivity index (χ2v) is 5.11. The van der Waals surface area contributed by atoms with Gasteiger partial charge in [-0.25, -0.2) is 0 Å². The van der Waals surface area contributed by atoms with Crippen LogP contribution < -0.4 is 9.64 Å². The lowest BCUT2D eigenvalue weighted by atomic mass is 10.2. The van der Waals surface area contributed by atoms with E-state index in [4.69, 9.17) is 16.3 Å². The van der Waals surface area contributed by atoms with Gasteiger partial charge in [0.05, 0.1) is 6.54 Å². The number of para-hydroxylation sites is 1. The monoisotopic (exact) mass is 289 g/mol. The molecule has 0 amide bonds. The summed E-state index contributed by atoms with van der Waals surface area (Å²) < 4.78 is 5.85. The fourth-order valence-electron chi connectivity index (χ4n) is 2.15. The summed E-state index contributed by atoms with van der Waals surface area (Å²) in [7, 11) is 0. The van der Waals surface area contributed by atoms with E-state index in [0.29, 0.717) is 6.61 Å². The summed E-state index contributed by atoms with van der Waals surface area (Å²) in [6.07, 6.45) is 0. The van der Waals surface area contributed by atoms with Crippen LogP contribution in [0.2, 0.25) is 5.02 Å². The van der Waals surface area contributed by atoms with Crippen molar-refractivity contribution in [3.63, 3.8) is 0 Å². The van der Waals surface area contributed by atoms with Crippen LogP contribution in [-0.4, -0.2) is 19.7 Å².